The minimum absolute atomic E-state index is 0. The summed E-state index contributed by atoms with van der Waals surface area (Å²) < 4.78 is 78.0. The van der Waals surface area contributed by atoms with Crippen LogP contribution in [-0.2, 0) is 39.0 Å². The molecule has 0 amide bonds. The van der Waals surface area contributed by atoms with E-state index in [1.54, 1.807) is 0 Å². The molecular formula is C16H24B2F8Rh2-2. The van der Waals surface area contributed by atoms with Crippen LogP contribution >= 0.6 is 0 Å². The maximum Gasteiger partial charge on any atom is 0.673 e. The monoisotopic (exact) mass is 596 g/mol. The molecule has 170 valence electrons. The van der Waals surface area contributed by atoms with Crippen LogP contribution < -0.4 is 0 Å². The zero-order chi connectivity index (χ0) is 20.3. The van der Waals surface area contributed by atoms with Crippen LogP contribution in [0, 0.1) is 51.4 Å². The minimum atomic E-state index is -6.00. The van der Waals surface area contributed by atoms with Gasteiger partial charge in [-0.1, -0.05) is 0 Å². The quantitative estimate of drug-likeness (QED) is 0.203. The zero-order valence-electron chi connectivity index (χ0n) is 15.1. The average molecular weight is 596 g/mol. The van der Waals surface area contributed by atoms with Gasteiger partial charge in [-0.3, -0.25) is 0 Å². The van der Waals surface area contributed by atoms with Crippen molar-refractivity contribution in [3.05, 3.63) is 51.4 Å². The number of rotatable bonds is 0. The summed E-state index contributed by atoms with van der Waals surface area (Å²) in [6.07, 6.45) is 28.0. The molecule has 2 saturated carbocycles. The van der Waals surface area contributed by atoms with E-state index in [-0.39, 0.29) is 39.0 Å². The van der Waals surface area contributed by atoms with Gasteiger partial charge in [0.2, 0.25) is 0 Å². The van der Waals surface area contributed by atoms with Gasteiger partial charge in [-0.05, 0) is 103 Å². The fourth-order valence-corrected chi connectivity index (χ4v) is 1.71. The van der Waals surface area contributed by atoms with E-state index in [1.807, 2.05) is 0 Å². The van der Waals surface area contributed by atoms with E-state index in [2.05, 4.69) is 51.4 Å². The molecule has 2 fully saturated rings. The van der Waals surface area contributed by atoms with Gasteiger partial charge < -0.3 is 34.5 Å². The largest absolute Gasteiger partial charge is 0.673 e. The Hall–Kier alpha value is 0.817. The molecule has 0 nitrogen and oxygen atoms in total. The normalized spacial score (nSPS) is 18.0. The Labute approximate surface area is 190 Å². The molecule has 28 heavy (non-hydrogen) atoms. The minimum Gasteiger partial charge on any atom is -0.418 e. The first-order valence-electron chi connectivity index (χ1n) is 8.35. The van der Waals surface area contributed by atoms with Crippen LogP contribution in [0.2, 0.25) is 0 Å². The van der Waals surface area contributed by atoms with Gasteiger partial charge in [0.25, 0.3) is 0 Å². The molecule has 0 spiro atoms. The number of hydrogen-bond acceptors (Lipinski definition) is 0. The first-order chi connectivity index (χ1) is 12.0. The van der Waals surface area contributed by atoms with Crippen LogP contribution in [0.4, 0.5) is 34.5 Å². The summed E-state index contributed by atoms with van der Waals surface area (Å²) in [4.78, 5) is 0. The predicted molar refractivity (Wildman–Crippen MR) is 91.7 cm³/mol. The smallest absolute Gasteiger partial charge is 0.418 e. The van der Waals surface area contributed by atoms with E-state index < -0.39 is 14.5 Å². The van der Waals surface area contributed by atoms with Crippen molar-refractivity contribution in [2.75, 3.05) is 0 Å². The SMILES string of the molecule is F[B-](F)(F)F.F[B-](F)(F)F.[CH]1[CH]CC[CH][CH]CC1.[CH]1[CH]CC[CH][CH]CC1.[Rh].[Rh]. The molecule has 12 heteroatoms. The van der Waals surface area contributed by atoms with E-state index in [4.69, 9.17) is 0 Å². The Morgan fingerprint density at radius 3 is 0.464 bits per heavy atom. The van der Waals surface area contributed by atoms with Crippen molar-refractivity contribution in [1.82, 2.24) is 0 Å². The van der Waals surface area contributed by atoms with Crippen molar-refractivity contribution in [2.45, 2.75) is 51.4 Å². The van der Waals surface area contributed by atoms with Crippen LogP contribution in [0.1, 0.15) is 51.4 Å². The molecule has 0 heterocycles. The fraction of sp³-hybridized carbons (Fsp3) is 0.500. The van der Waals surface area contributed by atoms with E-state index in [0.717, 1.165) is 0 Å². The summed E-state index contributed by atoms with van der Waals surface area (Å²) in [6, 6.07) is 0. The van der Waals surface area contributed by atoms with Gasteiger partial charge in [-0.2, -0.15) is 0 Å². The topological polar surface area (TPSA) is 0 Å². The second-order valence-electron chi connectivity index (χ2n) is 5.18. The first kappa shape index (κ1) is 36.2. The Kier molecular flexibility index (Phi) is 31.1. The molecule has 0 aliphatic heterocycles. The molecule has 0 unspecified atom stereocenters. The van der Waals surface area contributed by atoms with Crippen molar-refractivity contribution >= 4 is 14.5 Å². The first-order valence-corrected chi connectivity index (χ1v) is 8.35. The van der Waals surface area contributed by atoms with E-state index in [1.165, 1.54) is 51.4 Å². The third kappa shape index (κ3) is 63.2. The molecule has 0 bridgehead atoms. The van der Waals surface area contributed by atoms with Crippen molar-refractivity contribution in [2.24, 2.45) is 0 Å². The molecule has 0 saturated heterocycles. The third-order valence-corrected chi connectivity index (χ3v) is 2.67. The van der Waals surface area contributed by atoms with Gasteiger partial charge in [0.15, 0.2) is 0 Å². The summed E-state index contributed by atoms with van der Waals surface area (Å²) in [5.74, 6) is 0. The maximum absolute atomic E-state index is 9.75. The average Bonchev–Trinajstić information content (AvgIpc) is 2.32. The van der Waals surface area contributed by atoms with Gasteiger partial charge in [-0.15, -0.1) is 0 Å². The van der Waals surface area contributed by atoms with Crippen LogP contribution in [-0.4, -0.2) is 14.5 Å². The third-order valence-electron chi connectivity index (χ3n) is 2.67. The van der Waals surface area contributed by atoms with Crippen LogP contribution in [0.5, 0.6) is 0 Å². The predicted octanol–water partition coefficient (Wildman–Crippen LogP) is 7.35. The van der Waals surface area contributed by atoms with Crippen molar-refractivity contribution < 1.29 is 73.5 Å². The van der Waals surface area contributed by atoms with Gasteiger partial charge in [0.1, 0.15) is 0 Å². The Bertz CT molecular complexity index is 205. The molecule has 10 radical (unpaired) electrons. The Balaban J connectivity index is -0.000000138. The van der Waals surface area contributed by atoms with E-state index in [9.17, 15) is 34.5 Å². The molecule has 2 aliphatic rings. The number of halogens is 8. The van der Waals surface area contributed by atoms with Crippen molar-refractivity contribution in [1.29, 1.82) is 0 Å². The van der Waals surface area contributed by atoms with Crippen LogP contribution in [0.15, 0.2) is 0 Å². The summed E-state index contributed by atoms with van der Waals surface area (Å²) in [5, 5.41) is 0. The van der Waals surface area contributed by atoms with Gasteiger partial charge in [0, 0.05) is 39.0 Å². The molecule has 0 aromatic carbocycles. The number of hydrogen-bond donors (Lipinski definition) is 0. The molecule has 0 aromatic heterocycles. The molecule has 2 aliphatic carbocycles. The van der Waals surface area contributed by atoms with Crippen LogP contribution in [0.3, 0.4) is 0 Å². The Morgan fingerprint density at radius 2 is 0.393 bits per heavy atom. The molecule has 0 N–H and O–H groups in total. The van der Waals surface area contributed by atoms with Crippen LogP contribution in [0.25, 0.3) is 0 Å². The van der Waals surface area contributed by atoms with Gasteiger partial charge in [0.05, 0.1) is 0 Å². The van der Waals surface area contributed by atoms with E-state index >= 15 is 0 Å². The second-order valence-corrected chi connectivity index (χ2v) is 5.18. The molecule has 0 aromatic rings. The molecule has 2 rings (SSSR count). The molecular weight excluding hydrogens is 572 g/mol. The second kappa shape index (κ2) is 24.1. The van der Waals surface area contributed by atoms with E-state index in [0.29, 0.717) is 0 Å². The fourth-order valence-electron chi connectivity index (χ4n) is 1.71. The standard InChI is InChI=1S/2C8H12.2BF4.2Rh/c2*1-2-4-6-8-7-5-3-1;2*2-1(3,4)5;;/h2*1-2,7-8H,3-6H2;;;;/q;;2*-1;;. The summed E-state index contributed by atoms with van der Waals surface area (Å²) in [7, 11) is -12.0. The van der Waals surface area contributed by atoms with Crippen molar-refractivity contribution in [3.63, 3.8) is 0 Å². The maximum atomic E-state index is 9.75. The molecule has 0 atom stereocenters. The van der Waals surface area contributed by atoms with Crippen molar-refractivity contribution in [3.8, 4) is 0 Å². The van der Waals surface area contributed by atoms with Gasteiger partial charge >= 0.3 is 14.5 Å². The summed E-state index contributed by atoms with van der Waals surface area (Å²) >= 11 is 0. The zero-order valence-corrected chi connectivity index (χ0v) is 18.4. The van der Waals surface area contributed by atoms with Gasteiger partial charge in [-0.25, -0.2) is 0 Å². The summed E-state index contributed by atoms with van der Waals surface area (Å²) in [6.45, 7) is 0. The summed E-state index contributed by atoms with van der Waals surface area (Å²) in [5.41, 5.74) is 0. The Morgan fingerprint density at radius 1 is 0.321 bits per heavy atom.